The van der Waals surface area contributed by atoms with Gasteiger partial charge in [0, 0.05) is 43.5 Å². The number of piperazine rings is 1. The summed E-state index contributed by atoms with van der Waals surface area (Å²) >= 11 is 0. The van der Waals surface area contributed by atoms with Crippen molar-refractivity contribution in [2.24, 2.45) is 17.3 Å². The van der Waals surface area contributed by atoms with E-state index in [1.54, 1.807) is 18.1 Å². The van der Waals surface area contributed by atoms with E-state index in [1.165, 1.54) is 11.1 Å². The molecule has 2 aromatic carbocycles. The molecule has 3 aromatic rings. The van der Waals surface area contributed by atoms with Gasteiger partial charge in [0.15, 0.2) is 0 Å². The number of hydrogen-bond donors (Lipinski definition) is 1. The van der Waals surface area contributed by atoms with Crippen molar-refractivity contribution in [1.82, 2.24) is 14.8 Å². The lowest BCUT2D eigenvalue weighted by atomic mass is 9.53. The highest BCUT2D eigenvalue weighted by Crippen LogP contribution is 2.64. The van der Waals surface area contributed by atoms with Crippen molar-refractivity contribution < 1.29 is 19.4 Å². The maximum absolute atomic E-state index is 13.6. The largest absolute Gasteiger partial charge is 0.495 e. The molecule has 5 atom stereocenters. The molecular weight excluding hydrogens is 600 g/mol. The lowest BCUT2D eigenvalue weighted by molar-refractivity contribution is -0.132. The van der Waals surface area contributed by atoms with Crippen LogP contribution in [0.4, 0.5) is 5.69 Å². The molecule has 8 heteroatoms. The fourth-order valence-corrected chi connectivity index (χ4v) is 9.58. The lowest BCUT2D eigenvalue weighted by Gasteiger charge is -2.52. The standard InChI is InChI=1S/C40H48N4O4/c1-5-19-44(38(46)34-14-12-27-9-7-8-10-33(27)41-34)26-37(45)43-22-20-42(21-23-43)35-25-31-28(24-36(35)48-4)11-13-30-29(31)15-17-39(3)32(30)16-18-40(39,47)6-2/h2,7-10,12,14,24-25,29-30,32,47H,5,11,13,15-23,26H2,1,3-4H3/t29?,30-,32?,39+,40+/m1/s1. The number of aliphatic hydroxyl groups is 1. The van der Waals surface area contributed by atoms with Crippen molar-refractivity contribution in [1.29, 1.82) is 0 Å². The van der Waals surface area contributed by atoms with Crippen LogP contribution in [0.5, 0.6) is 5.75 Å². The van der Waals surface area contributed by atoms with Crippen LogP contribution in [0.1, 0.15) is 79.9 Å². The van der Waals surface area contributed by atoms with Crippen LogP contribution in [0.15, 0.2) is 48.5 Å². The number of rotatable bonds is 7. The number of aryl methyl sites for hydroxylation is 1. The fraction of sp³-hybridized carbons (Fsp3) is 0.525. The summed E-state index contributed by atoms with van der Waals surface area (Å²) in [5, 5.41) is 12.3. The van der Waals surface area contributed by atoms with Crippen LogP contribution in [0.25, 0.3) is 10.9 Å². The van der Waals surface area contributed by atoms with Crippen molar-refractivity contribution in [3.05, 3.63) is 65.4 Å². The molecule has 3 aliphatic carbocycles. The van der Waals surface area contributed by atoms with E-state index in [-0.39, 0.29) is 23.8 Å². The molecule has 1 aliphatic heterocycles. The number of carbonyl (C=O) groups excluding carboxylic acids is 2. The number of aromatic nitrogens is 1. The summed E-state index contributed by atoms with van der Waals surface area (Å²) in [4.78, 5) is 37.5. The summed E-state index contributed by atoms with van der Waals surface area (Å²) in [6.45, 7) is 7.34. The van der Waals surface area contributed by atoms with Crippen LogP contribution >= 0.6 is 0 Å². The van der Waals surface area contributed by atoms with Crippen LogP contribution in [-0.2, 0) is 11.2 Å². The molecule has 2 unspecified atom stereocenters. The van der Waals surface area contributed by atoms with Gasteiger partial charge in [-0.1, -0.05) is 44.0 Å². The number of terminal acetylenes is 1. The molecule has 48 heavy (non-hydrogen) atoms. The second kappa shape index (κ2) is 12.7. The zero-order valence-corrected chi connectivity index (χ0v) is 28.6. The van der Waals surface area contributed by atoms with Gasteiger partial charge in [0.1, 0.15) is 23.6 Å². The minimum absolute atomic E-state index is 0.0359. The summed E-state index contributed by atoms with van der Waals surface area (Å²) in [7, 11) is 1.74. The van der Waals surface area contributed by atoms with Gasteiger partial charge in [-0.25, -0.2) is 4.98 Å². The number of pyridine rings is 1. The Morgan fingerprint density at radius 1 is 1.08 bits per heavy atom. The van der Waals surface area contributed by atoms with E-state index in [0.717, 1.165) is 60.9 Å². The van der Waals surface area contributed by atoms with Crippen molar-refractivity contribution in [3.63, 3.8) is 0 Å². The quantitative estimate of drug-likeness (QED) is 0.333. The Kier molecular flexibility index (Phi) is 8.62. The van der Waals surface area contributed by atoms with Crippen molar-refractivity contribution >= 4 is 28.4 Å². The molecular formula is C40H48N4O4. The van der Waals surface area contributed by atoms with Gasteiger partial charge in [0.05, 0.1) is 18.3 Å². The van der Waals surface area contributed by atoms with Gasteiger partial charge in [-0.15, -0.1) is 6.42 Å². The van der Waals surface area contributed by atoms with Gasteiger partial charge >= 0.3 is 0 Å². The van der Waals surface area contributed by atoms with E-state index in [2.05, 4.69) is 34.9 Å². The number of carbonyl (C=O) groups is 2. The van der Waals surface area contributed by atoms with Crippen molar-refractivity contribution in [2.75, 3.05) is 51.3 Å². The molecule has 1 saturated heterocycles. The highest BCUT2D eigenvalue weighted by Gasteiger charge is 2.61. The van der Waals surface area contributed by atoms with Crippen LogP contribution in [0.2, 0.25) is 0 Å². The normalized spacial score (nSPS) is 27.9. The zero-order chi connectivity index (χ0) is 33.6. The smallest absolute Gasteiger partial charge is 0.272 e. The summed E-state index contributed by atoms with van der Waals surface area (Å²) in [5.74, 6) is 4.84. The Balaban J connectivity index is 1.04. The third-order valence-corrected chi connectivity index (χ3v) is 12.3. The number of amides is 2. The highest BCUT2D eigenvalue weighted by atomic mass is 16.5. The van der Waals surface area contributed by atoms with Gasteiger partial charge in [0.25, 0.3) is 5.91 Å². The average Bonchev–Trinajstić information content (AvgIpc) is 3.40. The summed E-state index contributed by atoms with van der Waals surface area (Å²) in [5.41, 5.74) is 3.81. The molecule has 4 aliphatic rings. The number of ether oxygens (including phenoxy) is 1. The van der Waals surface area contributed by atoms with Crippen LogP contribution in [-0.4, -0.2) is 83.7 Å². The van der Waals surface area contributed by atoms with Crippen LogP contribution in [0.3, 0.4) is 0 Å². The molecule has 0 radical (unpaired) electrons. The van der Waals surface area contributed by atoms with Gasteiger partial charge in [0.2, 0.25) is 5.91 Å². The van der Waals surface area contributed by atoms with Gasteiger partial charge in [-0.05, 0) is 98.1 Å². The molecule has 0 bridgehead atoms. The van der Waals surface area contributed by atoms with E-state index in [4.69, 9.17) is 11.2 Å². The van der Waals surface area contributed by atoms with Crippen molar-refractivity contribution in [3.8, 4) is 18.1 Å². The first kappa shape index (κ1) is 32.5. The Labute approximate surface area is 284 Å². The summed E-state index contributed by atoms with van der Waals surface area (Å²) in [6, 6.07) is 16.0. The van der Waals surface area contributed by atoms with E-state index in [1.807, 2.05) is 42.2 Å². The number of anilines is 1. The van der Waals surface area contributed by atoms with Crippen LogP contribution < -0.4 is 9.64 Å². The maximum atomic E-state index is 13.6. The minimum Gasteiger partial charge on any atom is -0.495 e. The molecule has 2 heterocycles. The SMILES string of the molecule is C#C[C@]1(O)CCC2[C@@H]3CCc4cc(OC)c(N5CCN(C(=O)CN(CCC)C(=O)c6ccc7ccccc7n6)CC5)cc4C3CC[C@@]21C. The predicted octanol–water partition coefficient (Wildman–Crippen LogP) is 5.66. The highest BCUT2D eigenvalue weighted by molar-refractivity contribution is 5.97. The van der Waals surface area contributed by atoms with E-state index >= 15 is 0 Å². The number of hydrogen-bond acceptors (Lipinski definition) is 6. The minimum atomic E-state index is -1.00. The van der Waals surface area contributed by atoms with E-state index in [9.17, 15) is 14.7 Å². The maximum Gasteiger partial charge on any atom is 0.272 e. The third kappa shape index (κ3) is 5.41. The van der Waals surface area contributed by atoms with Crippen molar-refractivity contribution in [2.45, 2.75) is 70.3 Å². The van der Waals surface area contributed by atoms with Gasteiger partial charge in [-0.3, -0.25) is 9.59 Å². The molecule has 1 N–H and O–H groups in total. The molecule has 7 rings (SSSR count). The lowest BCUT2D eigenvalue weighted by Crippen LogP contribution is -2.52. The number of para-hydroxylation sites is 1. The number of fused-ring (bicyclic) bond motifs is 6. The first-order chi connectivity index (χ1) is 23.2. The molecule has 0 spiro atoms. The summed E-state index contributed by atoms with van der Waals surface area (Å²) in [6.07, 6.45) is 12.4. The Morgan fingerprint density at radius 2 is 1.88 bits per heavy atom. The van der Waals surface area contributed by atoms with Crippen LogP contribution in [0, 0.1) is 29.6 Å². The molecule has 2 amide bonds. The zero-order valence-electron chi connectivity index (χ0n) is 28.6. The monoisotopic (exact) mass is 648 g/mol. The average molecular weight is 649 g/mol. The molecule has 8 nitrogen and oxygen atoms in total. The second-order valence-electron chi connectivity index (χ2n) is 14.6. The Bertz CT molecular complexity index is 1760. The third-order valence-electron chi connectivity index (χ3n) is 12.3. The first-order valence-corrected chi connectivity index (χ1v) is 17.8. The van der Waals surface area contributed by atoms with Gasteiger partial charge < -0.3 is 24.5 Å². The fourth-order valence-electron chi connectivity index (χ4n) is 9.58. The number of benzene rings is 2. The Hall–Kier alpha value is -4.09. The first-order valence-electron chi connectivity index (χ1n) is 17.8. The summed E-state index contributed by atoms with van der Waals surface area (Å²) < 4.78 is 5.95. The molecule has 2 saturated carbocycles. The molecule has 1 aromatic heterocycles. The number of methoxy groups -OCH3 is 1. The molecule has 3 fully saturated rings. The predicted molar refractivity (Wildman–Crippen MR) is 188 cm³/mol. The topological polar surface area (TPSA) is 86.2 Å². The van der Waals surface area contributed by atoms with E-state index < -0.39 is 5.60 Å². The second-order valence-corrected chi connectivity index (χ2v) is 14.6. The Morgan fingerprint density at radius 3 is 2.62 bits per heavy atom. The van der Waals surface area contributed by atoms with Gasteiger partial charge in [-0.2, -0.15) is 0 Å². The van der Waals surface area contributed by atoms with E-state index in [0.29, 0.717) is 62.6 Å². The number of nitrogens with zero attached hydrogens (tertiary/aromatic N) is 4. The molecule has 252 valence electrons.